The van der Waals surface area contributed by atoms with Crippen molar-refractivity contribution in [1.82, 2.24) is 0 Å². The molecule has 0 fully saturated rings. The monoisotopic (exact) mass is 162 g/mol. The number of Topliss-reactive ketones (excluding diaryl/α,β-unsaturated/α-hetero) is 1. The van der Waals surface area contributed by atoms with Crippen molar-refractivity contribution in [2.75, 3.05) is 0 Å². The van der Waals surface area contributed by atoms with Crippen LogP contribution < -0.4 is 5.43 Å². The average molecular weight is 162 g/mol. The Kier molecular flexibility index (Phi) is 2.75. The third-order valence-corrected chi connectivity index (χ3v) is 1.62. The minimum Gasteiger partial charge on any atom is -0.294 e. The molecule has 0 spiro atoms. The van der Waals surface area contributed by atoms with Crippen molar-refractivity contribution in [2.24, 2.45) is 0 Å². The van der Waals surface area contributed by atoms with Crippen LogP contribution in [-0.2, 0) is 0 Å². The fourth-order valence-corrected chi connectivity index (χ4v) is 0.952. The molecule has 1 aromatic rings. The van der Waals surface area contributed by atoms with Gasteiger partial charge in [0.15, 0.2) is 11.2 Å². The number of carbonyl (C=O) groups excluding carboxylic acids is 1. The Morgan fingerprint density at radius 3 is 2.58 bits per heavy atom. The number of carbonyl (C=O) groups is 1. The Labute approximate surface area is 70.9 Å². The maximum Gasteiger partial charge on any atom is 0.189 e. The van der Waals surface area contributed by atoms with Crippen LogP contribution in [0.1, 0.15) is 23.7 Å². The highest BCUT2D eigenvalue weighted by Crippen LogP contribution is 1.95. The lowest BCUT2D eigenvalue weighted by molar-refractivity contribution is 0.0987. The number of ketones is 1. The summed E-state index contributed by atoms with van der Waals surface area (Å²) in [5.41, 5.74) is 0.0781. The van der Waals surface area contributed by atoms with Gasteiger partial charge >= 0.3 is 0 Å². The molecule has 1 aromatic carbocycles. The Morgan fingerprint density at radius 2 is 1.92 bits per heavy atom. The molecule has 62 valence electrons. The fraction of sp³-hybridized carbons (Fsp3) is 0.200. The van der Waals surface area contributed by atoms with Crippen LogP contribution >= 0.6 is 0 Å². The van der Waals surface area contributed by atoms with E-state index in [9.17, 15) is 9.59 Å². The maximum absolute atomic E-state index is 11.2. The van der Waals surface area contributed by atoms with E-state index in [0.717, 1.165) is 0 Å². The van der Waals surface area contributed by atoms with E-state index in [1.165, 1.54) is 6.07 Å². The summed E-state index contributed by atoms with van der Waals surface area (Å²) in [5, 5.41) is 0. The molecule has 0 heterocycles. The van der Waals surface area contributed by atoms with Gasteiger partial charge in [0.05, 0.1) is 5.56 Å². The summed E-state index contributed by atoms with van der Waals surface area (Å²) in [7, 11) is 0. The molecule has 0 bridgehead atoms. The van der Waals surface area contributed by atoms with E-state index in [1.807, 2.05) is 0 Å². The van der Waals surface area contributed by atoms with Crippen LogP contribution in [0.2, 0.25) is 0 Å². The van der Waals surface area contributed by atoms with Gasteiger partial charge in [0.2, 0.25) is 0 Å². The topological polar surface area (TPSA) is 34.1 Å². The summed E-state index contributed by atoms with van der Waals surface area (Å²) >= 11 is 0. The maximum atomic E-state index is 11.2. The summed E-state index contributed by atoms with van der Waals surface area (Å²) in [6.45, 7) is 1.74. The minimum atomic E-state index is -0.202. The molecule has 0 N–H and O–H groups in total. The largest absolute Gasteiger partial charge is 0.294 e. The molecule has 0 atom stereocenters. The standard InChI is InChI=1S/C10H10O2/c1-2-9(11)8-6-4-3-5-7-10(8)12/h3-7H,2H2,1H3. The van der Waals surface area contributed by atoms with Gasteiger partial charge in [0.25, 0.3) is 0 Å². The van der Waals surface area contributed by atoms with E-state index in [1.54, 1.807) is 31.2 Å². The van der Waals surface area contributed by atoms with Crippen LogP contribution in [0.25, 0.3) is 0 Å². The van der Waals surface area contributed by atoms with E-state index in [4.69, 9.17) is 0 Å². The first kappa shape index (κ1) is 8.65. The summed E-state index contributed by atoms with van der Waals surface area (Å²) in [6, 6.07) is 8.03. The van der Waals surface area contributed by atoms with E-state index in [0.29, 0.717) is 6.42 Å². The quantitative estimate of drug-likeness (QED) is 0.619. The molecule has 1 rings (SSSR count). The van der Waals surface area contributed by atoms with Gasteiger partial charge in [0.1, 0.15) is 0 Å². The lowest BCUT2D eigenvalue weighted by Gasteiger charge is -1.89. The van der Waals surface area contributed by atoms with Crippen molar-refractivity contribution in [3.05, 3.63) is 46.1 Å². The van der Waals surface area contributed by atoms with Crippen molar-refractivity contribution in [2.45, 2.75) is 13.3 Å². The highest BCUT2D eigenvalue weighted by molar-refractivity contribution is 5.95. The van der Waals surface area contributed by atoms with Crippen LogP contribution in [0, 0.1) is 0 Å². The Bertz CT molecular complexity index is 342. The van der Waals surface area contributed by atoms with Gasteiger partial charge in [-0.2, -0.15) is 0 Å². The van der Waals surface area contributed by atoms with Crippen LogP contribution in [-0.4, -0.2) is 5.78 Å². The average Bonchev–Trinajstić information content (AvgIpc) is 2.28. The molecule has 0 unspecified atom stereocenters. The summed E-state index contributed by atoms with van der Waals surface area (Å²) in [4.78, 5) is 22.4. The Morgan fingerprint density at radius 1 is 1.25 bits per heavy atom. The summed E-state index contributed by atoms with van der Waals surface area (Å²) < 4.78 is 0. The number of hydrogen-bond donors (Lipinski definition) is 0. The Balaban J connectivity index is 3.27. The molecule has 0 saturated heterocycles. The normalized spacial score (nSPS) is 9.42. The molecule has 0 amide bonds. The van der Waals surface area contributed by atoms with Crippen LogP contribution in [0.4, 0.5) is 0 Å². The molecule has 12 heavy (non-hydrogen) atoms. The highest BCUT2D eigenvalue weighted by Gasteiger charge is 2.04. The van der Waals surface area contributed by atoms with E-state index >= 15 is 0 Å². The fourth-order valence-electron chi connectivity index (χ4n) is 0.952. The zero-order chi connectivity index (χ0) is 8.97. The van der Waals surface area contributed by atoms with Crippen molar-refractivity contribution in [3.8, 4) is 0 Å². The first-order valence-electron chi connectivity index (χ1n) is 3.88. The molecular weight excluding hydrogens is 152 g/mol. The van der Waals surface area contributed by atoms with Gasteiger partial charge in [-0.15, -0.1) is 0 Å². The third kappa shape index (κ3) is 1.78. The van der Waals surface area contributed by atoms with Crippen LogP contribution in [0.15, 0.2) is 35.1 Å². The zero-order valence-electron chi connectivity index (χ0n) is 6.91. The lowest BCUT2D eigenvalue weighted by Crippen LogP contribution is -2.10. The third-order valence-electron chi connectivity index (χ3n) is 1.62. The number of hydrogen-bond acceptors (Lipinski definition) is 2. The second kappa shape index (κ2) is 3.81. The van der Waals surface area contributed by atoms with E-state index in [2.05, 4.69) is 0 Å². The molecule has 0 radical (unpaired) electrons. The van der Waals surface area contributed by atoms with Gasteiger partial charge in [-0.25, -0.2) is 0 Å². The Hall–Kier alpha value is -1.44. The molecule has 0 aliphatic rings. The lowest BCUT2D eigenvalue weighted by atomic mass is 10.1. The van der Waals surface area contributed by atoms with Gasteiger partial charge in [-0.05, 0) is 12.1 Å². The van der Waals surface area contributed by atoms with Crippen molar-refractivity contribution < 1.29 is 4.79 Å². The zero-order valence-corrected chi connectivity index (χ0v) is 6.91. The predicted molar refractivity (Wildman–Crippen MR) is 47.3 cm³/mol. The van der Waals surface area contributed by atoms with Crippen molar-refractivity contribution >= 4 is 5.78 Å². The molecule has 2 heteroatoms. The van der Waals surface area contributed by atoms with Gasteiger partial charge < -0.3 is 0 Å². The molecular formula is C10H10O2. The first-order valence-corrected chi connectivity index (χ1v) is 3.88. The predicted octanol–water partition coefficient (Wildman–Crippen LogP) is 1.64. The van der Waals surface area contributed by atoms with Gasteiger partial charge in [-0.3, -0.25) is 9.59 Å². The second-order valence-corrected chi connectivity index (χ2v) is 2.47. The van der Waals surface area contributed by atoms with Crippen LogP contribution in [0.5, 0.6) is 0 Å². The van der Waals surface area contributed by atoms with Crippen LogP contribution in [0.3, 0.4) is 0 Å². The second-order valence-electron chi connectivity index (χ2n) is 2.47. The van der Waals surface area contributed by atoms with E-state index < -0.39 is 0 Å². The van der Waals surface area contributed by atoms with Crippen molar-refractivity contribution in [1.29, 1.82) is 0 Å². The minimum absolute atomic E-state index is 0.101. The first-order chi connectivity index (χ1) is 5.75. The van der Waals surface area contributed by atoms with Crippen molar-refractivity contribution in [3.63, 3.8) is 0 Å². The molecule has 2 nitrogen and oxygen atoms in total. The molecule has 0 aromatic heterocycles. The smallest absolute Gasteiger partial charge is 0.189 e. The number of rotatable bonds is 2. The molecule has 0 saturated carbocycles. The summed E-state index contributed by atoms with van der Waals surface area (Å²) in [5.74, 6) is -0.101. The summed E-state index contributed by atoms with van der Waals surface area (Å²) in [6.07, 6.45) is 0.374. The van der Waals surface area contributed by atoms with Gasteiger partial charge in [0, 0.05) is 6.42 Å². The highest BCUT2D eigenvalue weighted by atomic mass is 16.1. The van der Waals surface area contributed by atoms with Gasteiger partial charge in [-0.1, -0.05) is 25.1 Å². The molecule has 0 aliphatic heterocycles. The SMILES string of the molecule is CCC(=O)c1cccccc1=O. The molecule has 0 aliphatic carbocycles. The van der Waals surface area contributed by atoms with E-state index in [-0.39, 0.29) is 16.8 Å².